The summed E-state index contributed by atoms with van der Waals surface area (Å²) in [6.07, 6.45) is 0.878. The van der Waals surface area contributed by atoms with Crippen molar-refractivity contribution in [2.75, 3.05) is 18.5 Å². The number of aliphatic hydroxyl groups excluding tert-OH is 1. The third-order valence-electron chi connectivity index (χ3n) is 2.56. The quantitative estimate of drug-likeness (QED) is 0.826. The molecular formula is C10H15N3O3. The summed E-state index contributed by atoms with van der Waals surface area (Å²) >= 11 is 0. The lowest BCUT2D eigenvalue weighted by Gasteiger charge is -2.14. The number of nitrogens with zero attached hydrogens (tertiary/aromatic N) is 3. The van der Waals surface area contributed by atoms with Crippen LogP contribution in [0.15, 0.2) is 10.6 Å². The molecule has 1 saturated heterocycles. The molecule has 2 rings (SSSR count). The Hall–Kier alpha value is -1.56. The zero-order chi connectivity index (χ0) is 11.7. The average molecular weight is 225 g/mol. The Labute approximate surface area is 93.4 Å². The molecule has 1 aliphatic rings. The number of carbonyl (C=O) groups is 1. The molecule has 16 heavy (non-hydrogen) atoms. The van der Waals surface area contributed by atoms with E-state index in [0.29, 0.717) is 5.82 Å². The van der Waals surface area contributed by atoms with Crippen LogP contribution in [0.25, 0.3) is 0 Å². The molecule has 0 saturated carbocycles. The highest BCUT2D eigenvalue weighted by atomic mass is 16.5. The van der Waals surface area contributed by atoms with Crippen molar-refractivity contribution in [3.05, 3.63) is 11.8 Å². The molecule has 88 valence electrons. The summed E-state index contributed by atoms with van der Waals surface area (Å²) in [6, 6.07) is 1.44. The second kappa shape index (κ2) is 4.13. The number of aryl methyl sites for hydroxylation is 1. The van der Waals surface area contributed by atoms with Gasteiger partial charge in [0.05, 0.1) is 6.54 Å². The van der Waals surface area contributed by atoms with Crippen LogP contribution in [0, 0.1) is 0 Å². The van der Waals surface area contributed by atoms with E-state index in [1.54, 1.807) is 13.1 Å². The zero-order valence-electron chi connectivity index (χ0n) is 9.38. The highest BCUT2D eigenvalue weighted by molar-refractivity contribution is 5.93. The topological polar surface area (TPSA) is 69.8 Å². The van der Waals surface area contributed by atoms with Crippen molar-refractivity contribution in [3.63, 3.8) is 0 Å². The standard InChI is InChI=1S/C10H15N3O3/c1-3-4-7-5-8(11-16-7)13-9(14)6-12(2)10(13)15/h5,9,14H,3-4,6H2,1-2H3. The van der Waals surface area contributed by atoms with Crippen molar-refractivity contribution in [1.82, 2.24) is 10.1 Å². The number of aliphatic hydroxyl groups is 1. The second-order valence-electron chi connectivity index (χ2n) is 3.92. The van der Waals surface area contributed by atoms with Gasteiger partial charge in [0, 0.05) is 19.5 Å². The number of likely N-dealkylation sites (N-methyl/N-ethyl adjacent to an activating group) is 1. The lowest BCUT2D eigenvalue weighted by atomic mass is 10.3. The van der Waals surface area contributed by atoms with Gasteiger partial charge in [-0.3, -0.25) is 0 Å². The Morgan fingerprint density at radius 1 is 1.69 bits per heavy atom. The summed E-state index contributed by atoms with van der Waals surface area (Å²) in [7, 11) is 1.64. The SMILES string of the molecule is CCCc1cc(N2C(=O)N(C)CC2O)no1. The molecule has 6 heteroatoms. The molecule has 2 heterocycles. The summed E-state index contributed by atoms with van der Waals surface area (Å²) in [5.74, 6) is 1.11. The van der Waals surface area contributed by atoms with E-state index in [1.807, 2.05) is 6.92 Å². The number of aromatic nitrogens is 1. The van der Waals surface area contributed by atoms with Crippen molar-refractivity contribution in [1.29, 1.82) is 0 Å². The van der Waals surface area contributed by atoms with E-state index in [-0.39, 0.29) is 12.6 Å². The molecule has 0 radical (unpaired) electrons. The minimum absolute atomic E-state index is 0.260. The highest BCUT2D eigenvalue weighted by Crippen LogP contribution is 2.22. The molecule has 1 atom stereocenters. The summed E-state index contributed by atoms with van der Waals surface area (Å²) in [5.41, 5.74) is 0. The van der Waals surface area contributed by atoms with Gasteiger partial charge in [0.15, 0.2) is 12.0 Å². The summed E-state index contributed by atoms with van der Waals surface area (Å²) in [6.45, 7) is 2.32. The maximum absolute atomic E-state index is 11.7. The maximum atomic E-state index is 11.7. The summed E-state index contributed by atoms with van der Waals surface area (Å²) in [4.78, 5) is 14.4. The van der Waals surface area contributed by atoms with E-state index < -0.39 is 6.23 Å². The fourth-order valence-electron chi connectivity index (χ4n) is 1.75. The fourth-order valence-corrected chi connectivity index (χ4v) is 1.75. The lowest BCUT2D eigenvalue weighted by Crippen LogP contribution is -2.34. The normalized spacial score (nSPS) is 20.9. The predicted molar refractivity (Wildman–Crippen MR) is 57.0 cm³/mol. The molecule has 0 aliphatic carbocycles. The van der Waals surface area contributed by atoms with Crippen LogP contribution in [0.4, 0.5) is 10.6 Å². The molecule has 1 aromatic rings. The van der Waals surface area contributed by atoms with Gasteiger partial charge in [-0.2, -0.15) is 0 Å². The van der Waals surface area contributed by atoms with Crippen LogP contribution in [-0.2, 0) is 6.42 Å². The van der Waals surface area contributed by atoms with Crippen LogP contribution in [0.3, 0.4) is 0 Å². The smallest absolute Gasteiger partial charge is 0.327 e. The van der Waals surface area contributed by atoms with Gasteiger partial charge in [0.2, 0.25) is 0 Å². The highest BCUT2D eigenvalue weighted by Gasteiger charge is 2.36. The molecule has 1 unspecified atom stereocenters. The predicted octanol–water partition coefficient (Wildman–Crippen LogP) is 0.817. The van der Waals surface area contributed by atoms with Gasteiger partial charge in [0.25, 0.3) is 0 Å². The molecule has 1 N–H and O–H groups in total. The Kier molecular flexibility index (Phi) is 2.82. The Bertz CT molecular complexity index is 390. The minimum Gasteiger partial charge on any atom is -0.371 e. The Morgan fingerprint density at radius 3 is 3.00 bits per heavy atom. The van der Waals surface area contributed by atoms with Crippen LogP contribution in [-0.4, -0.2) is 41.0 Å². The number of urea groups is 1. The lowest BCUT2D eigenvalue weighted by molar-refractivity contribution is 0.182. The Balaban J connectivity index is 2.19. The van der Waals surface area contributed by atoms with Crippen molar-refractivity contribution in [3.8, 4) is 0 Å². The van der Waals surface area contributed by atoms with Gasteiger partial charge in [-0.1, -0.05) is 12.1 Å². The molecule has 1 aromatic heterocycles. The number of carbonyl (C=O) groups excluding carboxylic acids is 1. The van der Waals surface area contributed by atoms with Gasteiger partial charge in [-0.25, -0.2) is 9.69 Å². The van der Waals surface area contributed by atoms with Crippen LogP contribution in [0.2, 0.25) is 0 Å². The number of rotatable bonds is 3. The fraction of sp³-hybridized carbons (Fsp3) is 0.600. The molecule has 0 spiro atoms. The van der Waals surface area contributed by atoms with Crippen LogP contribution < -0.4 is 4.90 Å². The number of amides is 2. The first kappa shape index (κ1) is 10.9. The minimum atomic E-state index is -0.850. The molecule has 1 aliphatic heterocycles. The third-order valence-corrected chi connectivity index (χ3v) is 2.56. The maximum Gasteiger partial charge on any atom is 0.327 e. The third kappa shape index (κ3) is 1.76. The van der Waals surface area contributed by atoms with Crippen molar-refractivity contribution in [2.45, 2.75) is 26.0 Å². The molecule has 6 nitrogen and oxygen atoms in total. The van der Waals surface area contributed by atoms with E-state index in [2.05, 4.69) is 5.16 Å². The first-order valence-electron chi connectivity index (χ1n) is 5.31. The van der Waals surface area contributed by atoms with Crippen molar-refractivity contribution >= 4 is 11.8 Å². The van der Waals surface area contributed by atoms with Crippen molar-refractivity contribution < 1.29 is 14.4 Å². The van der Waals surface area contributed by atoms with E-state index in [9.17, 15) is 9.90 Å². The summed E-state index contributed by atoms with van der Waals surface area (Å²) < 4.78 is 5.08. The molecule has 2 amide bonds. The molecule has 0 aromatic carbocycles. The number of hydrogen-bond donors (Lipinski definition) is 1. The second-order valence-corrected chi connectivity index (χ2v) is 3.92. The van der Waals surface area contributed by atoms with Gasteiger partial charge in [-0.05, 0) is 6.42 Å². The van der Waals surface area contributed by atoms with E-state index in [1.165, 1.54) is 9.80 Å². The van der Waals surface area contributed by atoms with E-state index >= 15 is 0 Å². The van der Waals surface area contributed by atoms with E-state index in [0.717, 1.165) is 18.6 Å². The number of hydrogen-bond acceptors (Lipinski definition) is 4. The first-order valence-corrected chi connectivity index (χ1v) is 5.31. The average Bonchev–Trinajstić information content (AvgIpc) is 2.75. The van der Waals surface area contributed by atoms with Crippen LogP contribution in [0.5, 0.6) is 0 Å². The number of β-amino-alcohol motifs (C(OH)–C–C–N with tert-alkyl or cyclic N) is 1. The summed E-state index contributed by atoms with van der Waals surface area (Å²) in [5, 5.41) is 13.5. The van der Waals surface area contributed by atoms with Gasteiger partial charge >= 0.3 is 6.03 Å². The van der Waals surface area contributed by atoms with E-state index in [4.69, 9.17) is 4.52 Å². The monoisotopic (exact) mass is 225 g/mol. The zero-order valence-corrected chi connectivity index (χ0v) is 9.38. The molecule has 1 fully saturated rings. The van der Waals surface area contributed by atoms with Gasteiger partial charge in [0.1, 0.15) is 5.76 Å². The van der Waals surface area contributed by atoms with Gasteiger partial charge in [-0.15, -0.1) is 0 Å². The number of anilines is 1. The molecular weight excluding hydrogens is 210 g/mol. The van der Waals surface area contributed by atoms with Crippen molar-refractivity contribution in [2.24, 2.45) is 0 Å². The first-order chi connectivity index (χ1) is 7.63. The Morgan fingerprint density at radius 2 is 2.44 bits per heavy atom. The van der Waals surface area contributed by atoms with Gasteiger partial charge < -0.3 is 14.5 Å². The van der Waals surface area contributed by atoms with Crippen LogP contribution in [0.1, 0.15) is 19.1 Å². The largest absolute Gasteiger partial charge is 0.371 e. The molecule has 0 bridgehead atoms. The van der Waals surface area contributed by atoms with Crippen LogP contribution >= 0.6 is 0 Å².